The molecule has 0 aromatic heterocycles. The maximum Gasteiger partial charge on any atom is 0.0382 e. The molecule has 0 fully saturated rings. The van der Waals surface area contributed by atoms with Gasteiger partial charge in [0.1, 0.15) is 0 Å². The summed E-state index contributed by atoms with van der Waals surface area (Å²) in [6.45, 7) is 6.98. The maximum atomic E-state index is 3.84. The van der Waals surface area contributed by atoms with E-state index in [9.17, 15) is 0 Å². The van der Waals surface area contributed by atoms with Crippen LogP contribution in [-0.4, -0.2) is 0 Å². The van der Waals surface area contributed by atoms with Crippen molar-refractivity contribution < 1.29 is 0 Å². The third-order valence-corrected chi connectivity index (χ3v) is 4.51. The zero-order chi connectivity index (χ0) is 14.2. The van der Waals surface area contributed by atoms with Crippen LogP contribution in [0.2, 0.25) is 0 Å². The number of benzene rings is 2. The second-order valence-corrected chi connectivity index (χ2v) is 6.60. The lowest BCUT2D eigenvalue weighted by atomic mass is 9.84. The van der Waals surface area contributed by atoms with Crippen molar-refractivity contribution in [3.63, 3.8) is 0 Å². The van der Waals surface area contributed by atoms with Crippen LogP contribution in [0.15, 0.2) is 54.6 Å². The molecule has 3 rings (SSSR count). The van der Waals surface area contributed by atoms with Crippen molar-refractivity contribution in [1.82, 2.24) is 5.32 Å². The Labute approximate surface area is 122 Å². The highest BCUT2D eigenvalue weighted by Crippen LogP contribution is 2.45. The van der Waals surface area contributed by atoms with Gasteiger partial charge in [0.15, 0.2) is 0 Å². The molecule has 1 aliphatic carbocycles. The summed E-state index contributed by atoms with van der Waals surface area (Å²) in [5.41, 5.74) is 4.59. The zero-order valence-corrected chi connectivity index (χ0v) is 12.6. The van der Waals surface area contributed by atoms with Gasteiger partial charge in [0, 0.05) is 12.1 Å². The van der Waals surface area contributed by atoms with E-state index in [0.717, 1.165) is 6.42 Å². The molecule has 1 aliphatic rings. The monoisotopic (exact) mass is 265 g/mol. The van der Waals surface area contributed by atoms with Gasteiger partial charge in [-0.15, -0.1) is 0 Å². The van der Waals surface area contributed by atoms with Crippen LogP contribution in [0.1, 0.15) is 49.5 Å². The molecule has 1 nitrogen and oxygen atoms in total. The average molecular weight is 265 g/mol. The molecule has 2 unspecified atom stereocenters. The SMILES string of the molecule is CC(NC1c2ccccc2CC1(C)C)c1ccccc1. The van der Waals surface area contributed by atoms with Gasteiger partial charge in [0.25, 0.3) is 0 Å². The molecule has 0 heterocycles. The lowest BCUT2D eigenvalue weighted by molar-refractivity contribution is 0.252. The number of nitrogens with one attached hydrogen (secondary N) is 1. The number of hydrogen-bond donors (Lipinski definition) is 1. The largest absolute Gasteiger partial charge is 0.303 e. The summed E-state index contributed by atoms with van der Waals surface area (Å²) in [7, 11) is 0. The molecule has 0 radical (unpaired) electrons. The molecule has 0 saturated carbocycles. The van der Waals surface area contributed by atoms with Crippen molar-refractivity contribution >= 4 is 0 Å². The Balaban J connectivity index is 1.86. The molecule has 2 aromatic rings. The Morgan fingerprint density at radius 3 is 2.40 bits per heavy atom. The molecule has 0 spiro atoms. The van der Waals surface area contributed by atoms with E-state index in [0.29, 0.717) is 12.1 Å². The van der Waals surface area contributed by atoms with E-state index >= 15 is 0 Å². The van der Waals surface area contributed by atoms with E-state index < -0.39 is 0 Å². The summed E-state index contributed by atoms with van der Waals surface area (Å²) >= 11 is 0. The van der Waals surface area contributed by atoms with E-state index in [1.54, 1.807) is 0 Å². The minimum atomic E-state index is 0.271. The normalized spacial score (nSPS) is 21.4. The van der Waals surface area contributed by atoms with Crippen LogP contribution in [0.25, 0.3) is 0 Å². The van der Waals surface area contributed by atoms with Crippen molar-refractivity contribution in [2.45, 2.75) is 39.3 Å². The Morgan fingerprint density at radius 1 is 1.00 bits per heavy atom. The maximum absolute atomic E-state index is 3.84. The van der Waals surface area contributed by atoms with Gasteiger partial charge in [-0.2, -0.15) is 0 Å². The lowest BCUT2D eigenvalue weighted by Crippen LogP contribution is -2.33. The number of rotatable bonds is 3. The molecule has 1 heteroatoms. The third kappa shape index (κ3) is 2.38. The Bertz CT molecular complexity index is 586. The van der Waals surface area contributed by atoms with Gasteiger partial charge in [0.05, 0.1) is 0 Å². The average Bonchev–Trinajstić information content (AvgIpc) is 2.70. The van der Waals surface area contributed by atoms with Gasteiger partial charge < -0.3 is 5.32 Å². The van der Waals surface area contributed by atoms with Crippen LogP contribution in [0.4, 0.5) is 0 Å². The third-order valence-electron chi connectivity index (χ3n) is 4.51. The fraction of sp³-hybridized carbons (Fsp3) is 0.368. The predicted octanol–water partition coefficient (Wildman–Crippen LogP) is 4.66. The fourth-order valence-corrected chi connectivity index (χ4v) is 3.39. The molecule has 0 bridgehead atoms. The first-order chi connectivity index (χ1) is 9.58. The molecule has 0 aliphatic heterocycles. The van der Waals surface area contributed by atoms with Crippen LogP contribution in [-0.2, 0) is 6.42 Å². The van der Waals surface area contributed by atoms with E-state index in [2.05, 4.69) is 80.7 Å². The highest BCUT2D eigenvalue weighted by Gasteiger charge is 2.39. The first-order valence-corrected chi connectivity index (χ1v) is 7.47. The molecule has 2 atom stereocenters. The second kappa shape index (κ2) is 5.06. The van der Waals surface area contributed by atoms with Gasteiger partial charge in [0.2, 0.25) is 0 Å². The number of hydrogen-bond acceptors (Lipinski definition) is 1. The molecule has 1 N–H and O–H groups in total. The zero-order valence-electron chi connectivity index (χ0n) is 12.6. The predicted molar refractivity (Wildman–Crippen MR) is 84.7 cm³/mol. The Hall–Kier alpha value is -1.60. The quantitative estimate of drug-likeness (QED) is 0.851. The molecular weight excluding hydrogens is 242 g/mol. The molecule has 104 valence electrons. The number of fused-ring (bicyclic) bond motifs is 1. The van der Waals surface area contributed by atoms with Crippen molar-refractivity contribution in [3.8, 4) is 0 Å². The smallest absolute Gasteiger partial charge is 0.0382 e. The summed E-state index contributed by atoms with van der Waals surface area (Å²) in [4.78, 5) is 0. The van der Waals surface area contributed by atoms with E-state index in [-0.39, 0.29) is 5.41 Å². The second-order valence-electron chi connectivity index (χ2n) is 6.60. The van der Waals surface area contributed by atoms with Crippen molar-refractivity contribution in [2.24, 2.45) is 5.41 Å². The van der Waals surface area contributed by atoms with Gasteiger partial charge in [-0.1, -0.05) is 68.4 Å². The Kier molecular flexibility index (Phi) is 3.39. The Morgan fingerprint density at radius 2 is 1.65 bits per heavy atom. The van der Waals surface area contributed by atoms with Crippen molar-refractivity contribution in [1.29, 1.82) is 0 Å². The topological polar surface area (TPSA) is 12.0 Å². The summed E-state index contributed by atoms with van der Waals surface area (Å²) in [6.07, 6.45) is 1.16. The van der Waals surface area contributed by atoms with Gasteiger partial charge in [-0.25, -0.2) is 0 Å². The minimum absolute atomic E-state index is 0.271. The fourth-order valence-electron chi connectivity index (χ4n) is 3.39. The molecule has 0 amide bonds. The van der Waals surface area contributed by atoms with Gasteiger partial charge in [-0.3, -0.25) is 0 Å². The van der Waals surface area contributed by atoms with E-state index in [1.807, 2.05) is 0 Å². The summed E-state index contributed by atoms with van der Waals surface area (Å²) in [5, 5.41) is 3.84. The van der Waals surface area contributed by atoms with Crippen LogP contribution in [0.5, 0.6) is 0 Å². The summed E-state index contributed by atoms with van der Waals surface area (Å²) in [5.74, 6) is 0. The van der Waals surface area contributed by atoms with Crippen LogP contribution in [0.3, 0.4) is 0 Å². The van der Waals surface area contributed by atoms with Gasteiger partial charge in [-0.05, 0) is 35.4 Å². The van der Waals surface area contributed by atoms with E-state index in [4.69, 9.17) is 0 Å². The van der Waals surface area contributed by atoms with Crippen molar-refractivity contribution in [2.75, 3.05) is 0 Å². The first-order valence-electron chi connectivity index (χ1n) is 7.47. The summed E-state index contributed by atoms with van der Waals surface area (Å²) < 4.78 is 0. The van der Waals surface area contributed by atoms with Crippen LogP contribution in [0, 0.1) is 5.41 Å². The van der Waals surface area contributed by atoms with Crippen LogP contribution < -0.4 is 5.32 Å². The highest BCUT2D eigenvalue weighted by molar-refractivity contribution is 5.38. The molecule has 0 saturated heterocycles. The van der Waals surface area contributed by atoms with E-state index in [1.165, 1.54) is 16.7 Å². The van der Waals surface area contributed by atoms with Gasteiger partial charge >= 0.3 is 0 Å². The molecule has 2 aromatic carbocycles. The molecular formula is C19H23N. The van der Waals surface area contributed by atoms with Crippen LogP contribution >= 0.6 is 0 Å². The van der Waals surface area contributed by atoms with Crippen molar-refractivity contribution in [3.05, 3.63) is 71.3 Å². The highest BCUT2D eigenvalue weighted by atomic mass is 15.0. The lowest BCUT2D eigenvalue weighted by Gasteiger charge is -2.31. The summed E-state index contributed by atoms with van der Waals surface area (Å²) in [6, 6.07) is 20.3. The molecule has 20 heavy (non-hydrogen) atoms. The minimum Gasteiger partial charge on any atom is -0.303 e. The standard InChI is InChI=1S/C19H23N/c1-14(15-9-5-4-6-10-15)20-18-17-12-8-7-11-16(17)13-19(18,2)3/h4-12,14,18,20H,13H2,1-3H3. The first kappa shape index (κ1) is 13.4.